The Kier molecular flexibility index (Phi) is 2.82. The van der Waals surface area contributed by atoms with Gasteiger partial charge in [-0.25, -0.2) is 4.79 Å². The number of nitrogens with zero attached hydrogens (tertiary/aromatic N) is 1. The third-order valence-electron chi connectivity index (χ3n) is 3.02. The number of rotatable bonds is 2. The van der Waals surface area contributed by atoms with E-state index in [-0.39, 0.29) is 17.8 Å². The molecule has 0 amide bonds. The molecule has 0 radical (unpaired) electrons. The molecule has 0 bridgehead atoms. The van der Waals surface area contributed by atoms with Crippen LogP contribution in [0.2, 0.25) is 0 Å². The maximum Gasteiger partial charge on any atom is 0.329 e. The minimum Gasteiger partial charge on any atom is -0.385 e. The van der Waals surface area contributed by atoms with Crippen LogP contribution in [0.25, 0.3) is 0 Å². The first kappa shape index (κ1) is 10.9. The Labute approximate surface area is 92.0 Å². The molecule has 0 spiro atoms. The first-order valence-electron chi connectivity index (χ1n) is 5.29. The Bertz CT molecular complexity index is 491. The maximum absolute atomic E-state index is 11.5. The van der Waals surface area contributed by atoms with Gasteiger partial charge in [-0.2, -0.15) is 0 Å². The highest BCUT2D eigenvalue weighted by atomic mass is 16.5. The first-order valence-corrected chi connectivity index (χ1v) is 5.29. The fourth-order valence-corrected chi connectivity index (χ4v) is 1.98. The van der Waals surface area contributed by atoms with Crippen molar-refractivity contribution in [1.29, 1.82) is 0 Å². The molecule has 2 atom stereocenters. The number of H-pyrrole nitrogens is 1. The lowest BCUT2D eigenvalue weighted by molar-refractivity contribution is 0.101. The molecule has 0 saturated carbocycles. The summed E-state index contributed by atoms with van der Waals surface area (Å²) in [5.41, 5.74) is 4.73. The lowest BCUT2D eigenvalue weighted by Crippen LogP contribution is -2.34. The van der Waals surface area contributed by atoms with Crippen LogP contribution in [0.3, 0.4) is 0 Å². The van der Waals surface area contributed by atoms with Crippen LogP contribution in [0.4, 0.5) is 5.82 Å². The summed E-state index contributed by atoms with van der Waals surface area (Å²) in [6.45, 7) is 3.18. The predicted octanol–water partition coefficient (Wildman–Crippen LogP) is -0.456. The molecule has 2 heterocycles. The van der Waals surface area contributed by atoms with Gasteiger partial charge in [0.2, 0.25) is 0 Å². The fourth-order valence-electron chi connectivity index (χ4n) is 1.98. The van der Waals surface area contributed by atoms with Gasteiger partial charge in [-0.3, -0.25) is 14.3 Å². The molecule has 1 aliphatic heterocycles. The summed E-state index contributed by atoms with van der Waals surface area (Å²) in [7, 11) is 0. The minimum absolute atomic E-state index is 0.123. The monoisotopic (exact) mass is 225 g/mol. The molecule has 16 heavy (non-hydrogen) atoms. The van der Waals surface area contributed by atoms with E-state index in [0.717, 1.165) is 6.42 Å². The molecule has 1 aromatic heterocycles. The van der Waals surface area contributed by atoms with Crippen LogP contribution in [0, 0.1) is 5.92 Å². The highest BCUT2D eigenvalue weighted by molar-refractivity contribution is 5.26. The van der Waals surface area contributed by atoms with E-state index in [1.807, 2.05) is 6.92 Å². The summed E-state index contributed by atoms with van der Waals surface area (Å²) in [6.07, 6.45) is 1.03. The number of anilines is 1. The van der Waals surface area contributed by atoms with Crippen LogP contribution in [0.1, 0.15) is 13.3 Å². The number of aromatic nitrogens is 2. The lowest BCUT2D eigenvalue weighted by Gasteiger charge is -2.16. The van der Waals surface area contributed by atoms with Gasteiger partial charge in [-0.05, 0) is 13.3 Å². The Morgan fingerprint density at radius 1 is 1.62 bits per heavy atom. The standard InChI is InChI=1S/C10H15N3O3/c1-6-7(2-3-16-6)5-13-8(11)4-9(14)12-10(13)15/h4,6-7H,2-3,5,11H2,1H3,(H,12,14,15). The van der Waals surface area contributed by atoms with Gasteiger partial charge in [0.1, 0.15) is 5.82 Å². The largest absolute Gasteiger partial charge is 0.385 e. The Morgan fingerprint density at radius 3 is 2.94 bits per heavy atom. The zero-order valence-electron chi connectivity index (χ0n) is 9.10. The van der Waals surface area contributed by atoms with Gasteiger partial charge in [0.25, 0.3) is 5.56 Å². The quantitative estimate of drug-likeness (QED) is 0.713. The molecule has 88 valence electrons. The summed E-state index contributed by atoms with van der Waals surface area (Å²) >= 11 is 0. The van der Waals surface area contributed by atoms with E-state index in [0.29, 0.717) is 13.2 Å². The third kappa shape index (κ3) is 2.01. The Morgan fingerprint density at radius 2 is 2.38 bits per heavy atom. The van der Waals surface area contributed by atoms with E-state index in [1.54, 1.807) is 0 Å². The van der Waals surface area contributed by atoms with Gasteiger partial charge in [0.15, 0.2) is 0 Å². The molecule has 2 unspecified atom stereocenters. The van der Waals surface area contributed by atoms with E-state index >= 15 is 0 Å². The second kappa shape index (κ2) is 4.13. The van der Waals surface area contributed by atoms with Crippen molar-refractivity contribution in [1.82, 2.24) is 9.55 Å². The molecule has 2 rings (SSSR count). The van der Waals surface area contributed by atoms with E-state index in [4.69, 9.17) is 10.5 Å². The second-order valence-electron chi connectivity index (χ2n) is 4.10. The molecular weight excluding hydrogens is 210 g/mol. The topological polar surface area (TPSA) is 90.1 Å². The third-order valence-corrected chi connectivity index (χ3v) is 3.02. The summed E-state index contributed by atoms with van der Waals surface area (Å²) in [5.74, 6) is 0.471. The van der Waals surface area contributed by atoms with E-state index in [2.05, 4.69) is 4.98 Å². The Balaban J connectivity index is 2.28. The van der Waals surface area contributed by atoms with E-state index in [1.165, 1.54) is 10.6 Å². The summed E-state index contributed by atoms with van der Waals surface area (Å²) in [6, 6.07) is 1.22. The molecule has 6 heteroatoms. The van der Waals surface area contributed by atoms with Gasteiger partial charge in [-0.1, -0.05) is 0 Å². The van der Waals surface area contributed by atoms with Crippen LogP contribution < -0.4 is 17.0 Å². The molecule has 1 aromatic rings. The molecule has 3 N–H and O–H groups in total. The minimum atomic E-state index is -0.463. The highest BCUT2D eigenvalue weighted by Crippen LogP contribution is 2.22. The van der Waals surface area contributed by atoms with Crippen molar-refractivity contribution in [2.24, 2.45) is 5.92 Å². The lowest BCUT2D eigenvalue weighted by atomic mass is 10.0. The van der Waals surface area contributed by atoms with Gasteiger partial charge < -0.3 is 10.5 Å². The number of aromatic amines is 1. The average molecular weight is 225 g/mol. The van der Waals surface area contributed by atoms with Crippen molar-refractivity contribution in [2.75, 3.05) is 12.3 Å². The molecule has 0 aliphatic carbocycles. The predicted molar refractivity (Wildman–Crippen MR) is 59.3 cm³/mol. The van der Waals surface area contributed by atoms with E-state index in [9.17, 15) is 9.59 Å². The normalized spacial score (nSPS) is 24.8. The first-order chi connectivity index (χ1) is 7.58. The van der Waals surface area contributed by atoms with Crippen molar-refractivity contribution in [2.45, 2.75) is 26.0 Å². The van der Waals surface area contributed by atoms with Crippen LogP contribution >= 0.6 is 0 Å². The molecule has 0 aromatic carbocycles. The SMILES string of the molecule is CC1OCCC1Cn1c(N)cc(=O)[nH]c1=O. The highest BCUT2D eigenvalue weighted by Gasteiger charge is 2.25. The van der Waals surface area contributed by atoms with Crippen molar-refractivity contribution >= 4 is 5.82 Å². The number of hydrogen-bond acceptors (Lipinski definition) is 4. The molecule has 6 nitrogen and oxygen atoms in total. The van der Waals surface area contributed by atoms with Gasteiger partial charge >= 0.3 is 5.69 Å². The van der Waals surface area contributed by atoms with E-state index < -0.39 is 11.2 Å². The van der Waals surface area contributed by atoms with Gasteiger partial charge in [-0.15, -0.1) is 0 Å². The van der Waals surface area contributed by atoms with Gasteiger partial charge in [0, 0.05) is 25.1 Å². The van der Waals surface area contributed by atoms with Crippen molar-refractivity contribution in [3.8, 4) is 0 Å². The zero-order valence-corrected chi connectivity index (χ0v) is 9.10. The Hall–Kier alpha value is -1.56. The number of hydrogen-bond donors (Lipinski definition) is 2. The van der Waals surface area contributed by atoms with Crippen LogP contribution in [0.15, 0.2) is 15.7 Å². The van der Waals surface area contributed by atoms with Crippen LogP contribution in [-0.2, 0) is 11.3 Å². The number of nitrogens with one attached hydrogen (secondary N) is 1. The number of ether oxygens (including phenoxy) is 1. The summed E-state index contributed by atoms with van der Waals surface area (Å²) in [4.78, 5) is 24.7. The van der Waals surface area contributed by atoms with Crippen molar-refractivity contribution < 1.29 is 4.74 Å². The molecule has 1 saturated heterocycles. The smallest absolute Gasteiger partial charge is 0.329 e. The maximum atomic E-state index is 11.5. The molecule has 1 fully saturated rings. The average Bonchev–Trinajstić information content (AvgIpc) is 2.57. The number of nitrogen functional groups attached to an aromatic ring is 1. The van der Waals surface area contributed by atoms with Crippen LogP contribution in [-0.4, -0.2) is 22.3 Å². The van der Waals surface area contributed by atoms with Crippen molar-refractivity contribution in [3.05, 3.63) is 26.9 Å². The van der Waals surface area contributed by atoms with Crippen molar-refractivity contribution in [3.63, 3.8) is 0 Å². The summed E-state index contributed by atoms with van der Waals surface area (Å²) < 4.78 is 6.80. The molecule has 1 aliphatic rings. The zero-order chi connectivity index (χ0) is 11.7. The second-order valence-corrected chi connectivity index (χ2v) is 4.10. The fraction of sp³-hybridized carbons (Fsp3) is 0.600. The molecular formula is C10H15N3O3. The van der Waals surface area contributed by atoms with Gasteiger partial charge in [0.05, 0.1) is 6.10 Å². The number of nitrogens with two attached hydrogens (primary N) is 1. The van der Waals surface area contributed by atoms with Crippen LogP contribution in [0.5, 0.6) is 0 Å². The summed E-state index contributed by atoms with van der Waals surface area (Å²) in [5, 5.41) is 0.